The molecule has 0 atom stereocenters. The molecule has 0 saturated carbocycles. The summed E-state index contributed by atoms with van der Waals surface area (Å²) in [5.74, 6) is -0.930. The second kappa shape index (κ2) is 9.97. The summed E-state index contributed by atoms with van der Waals surface area (Å²) < 4.78 is 16.3. The van der Waals surface area contributed by atoms with E-state index in [-0.39, 0.29) is 23.6 Å². The van der Waals surface area contributed by atoms with Crippen molar-refractivity contribution in [1.29, 1.82) is 5.26 Å². The molecule has 3 aromatic heterocycles. The summed E-state index contributed by atoms with van der Waals surface area (Å²) in [5, 5.41) is 25.0. The second-order valence-electron chi connectivity index (χ2n) is 7.73. The van der Waals surface area contributed by atoms with E-state index >= 15 is 0 Å². The number of carboxylic acid groups (broad SMARTS) is 1. The SMILES string of the molecule is N#Cc1c(-c2ccon2)cc(-c2ccc(N3CCOCC3)cc2)nc1OCc1sccc1C(=O)O. The predicted octanol–water partition coefficient (Wildman–Crippen LogP) is 4.45. The zero-order valence-corrected chi connectivity index (χ0v) is 19.3. The van der Waals surface area contributed by atoms with Crippen LogP contribution in [0.15, 0.2) is 58.6 Å². The maximum Gasteiger partial charge on any atom is 0.336 e. The van der Waals surface area contributed by atoms with Crippen LogP contribution in [0.3, 0.4) is 0 Å². The van der Waals surface area contributed by atoms with Crippen molar-refractivity contribution in [2.45, 2.75) is 6.61 Å². The fourth-order valence-electron chi connectivity index (χ4n) is 3.88. The van der Waals surface area contributed by atoms with Crippen molar-refractivity contribution in [3.8, 4) is 34.5 Å². The monoisotopic (exact) mass is 488 g/mol. The van der Waals surface area contributed by atoms with Crippen molar-refractivity contribution in [3.05, 3.63) is 70.1 Å². The number of hydrogen-bond acceptors (Lipinski definition) is 9. The molecule has 176 valence electrons. The number of nitriles is 1. The van der Waals surface area contributed by atoms with Crippen LogP contribution in [0.2, 0.25) is 0 Å². The lowest BCUT2D eigenvalue weighted by Crippen LogP contribution is -2.36. The number of carbonyl (C=O) groups is 1. The normalized spacial score (nSPS) is 13.4. The molecule has 4 heterocycles. The number of anilines is 1. The Labute approximate surface area is 204 Å². The minimum atomic E-state index is -1.03. The van der Waals surface area contributed by atoms with Gasteiger partial charge >= 0.3 is 5.97 Å². The number of ether oxygens (including phenoxy) is 2. The van der Waals surface area contributed by atoms with E-state index in [2.05, 4.69) is 21.1 Å². The van der Waals surface area contributed by atoms with Crippen LogP contribution in [0.5, 0.6) is 5.88 Å². The highest BCUT2D eigenvalue weighted by Crippen LogP contribution is 2.34. The molecule has 1 fully saturated rings. The first kappa shape index (κ1) is 22.6. The zero-order chi connectivity index (χ0) is 24.2. The van der Waals surface area contributed by atoms with E-state index in [1.165, 1.54) is 23.7 Å². The van der Waals surface area contributed by atoms with Crippen LogP contribution in [-0.4, -0.2) is 47.5 Å². The second-order valence-corrected chi connectivity index (χ2v) is 8.73. The summed E-state index contributed by atoms with van der Waals surface area (Å²) in [7, 11) is 0. The molecular weight excluding hydrogens is 468 g/mol. The third kappa shape index (κ3) is 4.73. The first-order chi connectivity index (χ1) is 17.1. The lowest BCUT2D eigenvalue weighted by Gasteiger charge is -2.28. The number of pyridine rings is 1. The van der Waals surface area contributed by atoms with Crippen LogP contribution in [0.25, 0.3) is 22.5 Å². The summed E-state index contributed by atoms with van der Waals surface area (Å²) in [5.41, 5.74) is 3.88. The fourth-order valence-corrected chi connectivity index (χ4v) is 4.65. The number of hydrogen-bond donors (Lipinski definition) is 1. The topological polar surface area (TPSA) is 122 Å². The highest BCUT2D eigenvalue weighted by atomic mass is 32.1. The van der Waals surface area contributed by atoms with Gasteiger partial charge in [0, 0.05) is 36.0 Å². The van der Waals surface area contributed by atoms with E-state index in [1.807, 2.05) is 24.3 Å². The molecule has 1 aromatic carbocycles. The highest BCUT2D eigenvalue weighted by molar-refractivity contribution is 7.10. The first-order valence-corrected chi connectivity index (χ1v) is 11.7. The lowest BCUT2D eigenvalue weighted by atomic mass is 10.0. The number of rotatable bonds is 7. The van der Waals surface area contributed by atoms with E-state index in [4.69, 9.17) is 14.0 Å². The number of benzene rings is 1. The van der Waals surface area contributed by atoms with Crippen molar-refractivity contribution >= 4 is 23.0 Å². The average molecular weight is 489 g/mol. The van der Waals surface area contributed by atoms with Gasteiger partial charge in [-0.05, 0) is 29.6 Å². The molecule has 1 aliphatic rings. The van der Waals surface area contributed by atoms with Gasteiger partial charge in [0.05, 0.1) is 29.3 Å². The molecule has 9 nitrogen and oxygen atoms in total. The molecule has 0 amide bonds. The minimum absolute atomic E-state index is 0.0291. The highest BCUT2D eigenvalue weighted by Gasteiger charge is 2.20. The van der Waals surface area contributed by atoms with Crippen LogP contribution in [-0.2, 0) is 11.3 Å². The van der Waals surface area contributed by atoms with E-state index in [0.717, 1.165) is 24.3 Å². The Balaban J connectivity index is 1.51. The largest absolute Gasteiger partial charge is 0.478 e. The standard InChI is InChI=1S/C25H20N4O5S/c26-14-20-19(21-5-9-34-28-21)13-22(16-1-3-17(4-2-16)29-7-10-32-11-8-29)27-24(20)33-15-23-18(25(30)31)6-12-35-23/h1-6,9,12-13H,7-8,10-11,15H2,(H,30,31). The molecule has 1 saturated heterocycles. The summed E-state index contributed by atoms with van der Waals surface area (Å²) in [6.45, 7) is 3.05. The summed E-state index contributed by atoms with van der Waals surface area (Å²) >= 11 is 1.27. The molecule has 1 N–H and O–H groups in total. The van der Waals surface area contributed by atoms with Crippen LogP contribution in [0, 0.1) is 11.3 Å². The van der Waals surface area contributed by atoms with E-state index in [0.29, 0.717) is 35.0 Å². The van der Waals surface area contributed by atoms with Crippen molar-refractivity contribution in [2.75, 3.05) is 31.2 Å². The Bertz CT molecular complexity index is 1370. The average Bonchev–Trinajstić information content (AvgIpc) is 3.60. The molecule has 1 aliphatic heterocycles. The maximum absolute atomic E-state index is 11.5. The van der Waals surface area contributed by atoms with Gasteiger partial charge in [-0.25, -0.2) is 9.78 Å². The van der Waals surface area contributed by atoms with Crippen LogP contribution in [0.1, 0.15) is 20.8 Å². The smallest absolute Gasteiger partial charge is 0.336 e. The summed E-state index contributed by atoms with van der Waals surface area (Å²) in [6, 6.07) is 15.1. The molecule has 0 aliphatic carbocycles. The summed E-state index contributed by atoms with van der Waals surface area (Å²) in [4.78, 5) is 18.9. The number of carboxylic acids is 1. The fraction of sp³-hybridized carbons (Fsp3) is 0.200. The van der Waals surface area contributed by atoms with Crippen molar-refractivity contribution in [2.24, 2.45) is 0 Å². The molecule has 0 radical (unpaired) electrons. The van der Waals surface area contributed by atoms with Crippen molar-refractivity contribution in [3.63, 3.8) is 0 Å². The number of aromatic nitrogens is 2. The van der Waals surface area contributed by atoms with Crippen molar-refractivity contribution in [1.82, 2.24) is 10.1 Å². The first-order valence-electron chi connectivity index (χ1n) is 10.9. The maximum atomic E-state index is 11.5. The van der Waals surface area contributed by atoms with Crippen LogP contribution < -0.4 is 9.64 Å². The zero-order valence-electron chi connectivity index (χ0n) is 18.5. The number of morpholine rings is 1. The van der Waals surface area contributed by atoms with E-state index in [9.17, 15) is 15.2 Å². The molecule has 5 rings (SSSR count). The molecular formula is C25H20N4O5S. The van der Waals surface area contributed by atoms with Crippen LogP contribution in [0.4, 0.5) is 5.69 Å². The van der Waals surface area contributed by atoms with Crippen LogP contribution >= 0.6 is 11.3 Å². The number of aromatic carboxylic acids is 1. The molecule has 10 heteroatoms. The summed E-state index contributed by atoms with van der Waals surface area (Å²) in [6.07, 6.45) is 1.43. The third-order valence-corrected chi connectivity index (χ3v) is 6.56. The van der Waals surface area contributed by atoms with Gasteiger partial charge in [-0.2, -0.15) is 5.26 Å². The minimum Gasteiger partial charge on any atom is -0.478 e. The third-order valence-electron chi connectivity index (χ3n) is 5.67. The van der Waals surface area contributed by atoms with Gasteiger partial charge in [0.25, 0.3) is 0 Å². The van der Waals surface area contributed by atoms with Crippen molar-refractivity contribution < 1.29 is 23.9 Å². The Morgan fingerprint density at radius 1 is 1.17 bits per heavy atom. The van der Waals surface area contributed by atoms with Gasteiger partial charge in [-0.3, -0.25) is 0 Å². The van der Waals surface area contributed by atoms with Gasteiger partial charge in [-0.1, -0.05) is 17.3 Å². The van der Waals surface area contributed by atoms with Gasteiger partial charge in [-0.15, -0.1) is 11.3 Å². The molecule has 4 aromatic rings. The van der Waals surface area contributed by atoms with Gasteiger partial charge < -0.3 is 24.0 Å². The quantitative estimate of drug-likeness (QED) is 0.402. The number of thiophene rings is 1. The lowest BCUT2D eigenvalue weighted by molar-refractivity contribution is 0.0694. The Kier molecular flexibility index (Phi) is 6.43. The molecule has 35 heavy (non-hydrogen) atoms. The van der Waals surface area contributed by atoms with Gasteiger partial charge in [0.1, 0.15) is 30.2 Å². The Morgan fingerprint density at radius 3 is 2.66 bits per heavy atom. The van der Waals surface area contributed by atoms with E-state index in [1.54, 1.807) is 17.5 Å². The molecule has 0 unspecified atom stereocenters. The molecule has 0 spiro atoms. The van der Waals surface area contributed by atoms with Gasteiger partial charge in [0.15, 0.2) is 0 Å². The van der Waals surface area contributed by atoms with E-state index < -0.39 is 5.97 Å². The van der Waals surface area contributed by atoms with Gasteiger partial charge in [0.2, 0.25) is 5.88 Å². The Morgan fingerprint density at radius 2 is 1.97 bits per heavy atom. The molecule has 0 bridgehead atoms. The number of nitrogens with zero attached hydrogens (tertiary/aromatic N) is 4. The predicted molar refractivity (Wildman–Crippen MR) is 129 cm³/mol. The Hall–Kier alpha value is -4.20.